The van der Waals surface area contributed by atoms with Crippen LogP contribution in [0.25, 0.3) is 11.3 Å². The lowest BCUT2D eigenvalue weighted by atomic mass is 10.1. The van der Waals surface area contributed by atoms with Crippen molar-refractivity contribution >= 4 is 12.6 Å². The van der Waals surface area contributed by atoms with E-state index in [1.165, 1.54) is 5.56 Å². The van der Waals surface area contributed by atoms with Crippen LogP contribution in [0.5, 0.6) is 0 Å². The van der Waals surface area contributed by atoms with Crippen molar-refractivity contribution in [2.75, 3.05) is 0 Å². The summed E-state index contributed by atoms with van der Waals surface area (Å²) in [6.45, 7) is 4.97. The molecule has 0 saturated carbocycles. The number of hydrogen-bond donors (Lipinski definition) is 1. The van der Waals surface area contributed by atoms with Crippen molar-refractivity contribution < 1.29 is 0 Å². The maximum Gasteiger partial charge on any atom is 0.255 e. The van der Waals surface area contributed by atoms with Gasteiger partial charge in [0.05, 0.1) is 5.69 Å². The highest BCUT2D eigenvalue weighted by Gasteiger charge is 2.09. The molecule has 20 heavy (non-hydrogen) atoms. The van der Waals surface area contributed by atoms with Crippen LogP contribution in [0.4, 0.5) is 0 Å². The Bertz CT molecular complexity index is 628. The van der Waals surface area contributed by atoms with E-state index in [1.807, 2.05) is 16.7 Å². The van der Waals surface area contributed by atoms with Gasteiger partial charge in [0.1, 0.15) is 0 Å². The van der Waals surface area contributed by atoms with E-state index in [0.29, 0.717) is 5.75 Å². The first-order valence-corrected chi connectivity index (χ1v) is 7.77. The van der Waals surface area contributed by atoms with Crippen LogP contribution in [0.1, 0.15) is 31.4 Å². The van der Waals surface area contributed by atoms with E-state index < -0.39 is 0 Å². The van der Waals surface area contributed by atoms with Crippen LogP contribution < -0.4 is 5.56 Å². The number of thiol groups is 1. The Kier molecular flexibility index (Phi) is 5.07. The predicted molar refractivity (Wildman–Crippen MR) is 88.5 cm³/mol. The fourth-order valence-corrected chi connectivity index (χ4v) is 2.59. The van der Waals surface area contributed by atoms with E-state index >= 15 is 0 Å². The fourth-order valence-electron chi connectivity index (χ4n) is 2.35. The van der Waals surface area contributed by atoms with Crippen molar-refractivity contribution in [3.8, 4) is 11.3 Å². The number of rotatable bonds is 5. The topological polar surface area (TPSA) is 22.0 Å². The lowest BCUT2D eigenvalue weighted by molar-refractivity contribution is 0.657. The largest absolute Gasteiger partial charge is 0.308 e. The smallest absolute Gasteiger partial charge is 0.255 e. The maximum atomic E-state index is 12.4. The fraction of sp³-hybridized carbons (Fsp3) is 0.353. The van der Waals surface area contributed by atoms with E-state index in [0.717, 1.165) is 36.2 Å². The summed E-state index contributed by atoms with van der Waals surface area (Å²) in [5, 5.41) is 0. The van der Waals surface area contributed by atoms with Crippen LogP contribution in [0, 0.1) is 0 Å². The van der Waals surface area contributed by atoms with Crippen LogP contribution in [0.3, 0.4) is 0 Å². The van der Waals surface area contributed by atoms with Gasteiger partial charge in [-0.15, -0.1) is 0 Å². The zero-order chi connectivity index (χ0) is 14.5. The number of nitrogens with zero attached hydrogens (tertiary/aromatic N) is 1. The maximum absolute atomic E-state index is 12.4. The molecule has 0 aliphatic rings. The average molecular weight is 287 g/mol. The average Bonchev–Trinajstić information content (AvgIpc) is 2.49. The zero-order valence-corrected chi connectivity index (χ0v) is 13.0. The van der Waals surface area contributed by atoms with Crippen LogP contribution in [-0.2, 0) is 18.7 Å². The molecule has 0 atom stereocenters. The molecule has 3 heteroatoms. The summed E-state index contributed by atoms with van der Waals surface area (Å²) < 4.78 is 1.87. The second-order valence-corrected chi connectivity index (χ2v) is 5.23. The van der Waals surface area contributed by atoms with Gasteiger partial charge < -0.3 is 4.57 Å². The molecule has 2 rings (SSSR count). The van der Waals surface area contributed by atoms with Gasteiger partial charge in [-0.25, -0.2) is 0 Å². The van der Waals surface area contributed by atoms with E-state index in [-0.39, 0.29) is 5.56 Å². The van der Waals surface area contributed by atoms with Gasteiger partial charge in [0.2, 0.25) is 0 Å². The molecule has 1 aromatic carbocycles. The molecule has 0 N–H and O–H groups in total. The molecule has 0 spiro atoms. The van der Waals surface area contributed by atoms with Crippen LogP contribution in [0.15, 0.2) is 41.2 Å². The monoisotopic (exact) mass is 287 g/mol. The molecule has 0 fully saturated rings. The van der Waals surface area contributed by atoms with Gasteiger partial charge in [-0.1, -0.05) is 44.2 Å². The van der Waals surface area contributed by atoms with Gasteiger partial charge >= 0.3 is 0 Å². The lowest BCUT2D eigenvalue weighted by Gasteiger charge is -2.14. The van der Waals surface area contributed by atoms with E-state index in [9.17, 15) is 4.79 Å². The van der Waals surface area contributed by atoms with Crippen molar-refractivity contribution in [3.05, 3.63) is 57.9 Å². The van der Waals surface area contributed by atoms with Crippen molar-refractivity contribution in [3.63, 3.8) is 0 Å². The molecule has 0 aliphatic carbocycles. The number of pyridine rings is 1. The normalized spacial score (nSPS) is 10.8. The molecular weight excluding hydrogens is 266 g/mol. The van der Waals surface area contributed by atoms with Gasteiger partial charge in [0.25, 0.3) is 5.56 Å². The third kappa shape index (κ3) is 2.98. The Morgan fingerprint density at radius 3 is 2.30 bits per heavy atom. The summed E-state index contributed by atoms with van der Waals surface area (Å²) in [5.41, 5.74) is 4.24. The number of aromatic nitrogens is 1. The van der Waals surface area contributed by atoms with E-state index in [4.69, 9.17) is 0 Å². The highest BCUT2D eigenvalue weighted by Crippen LogP contribution is 2.20. The summed E-state index contributed by atoms with van der Waals surface area (Å²) in [6.07, 6.45) is 1.97. The third-order valence-corrected chi connectivity index (χ3v) is 3.87. The quantitative estimate of drug-likeness (QED) is 0.827. The summed E-state index contributed by atoms with van der Waals surface area (Å²) in [4.78, 5) is 12.4. The second-order valence-electron chi connectivity index (χ2n) is 4.91. The minimum Gasteiger partial charge on any atom is -0.308 e. The molecule has 0 aliphatic heterocycles. The summed E-state index contributed by atoms with van der Waals surface area (Å²) in [7, 11) is 0. The van der Waals surface area contributed by atoms with Crippen LogP contribution in [-0.4, -0.2) is 4.57 Å². The molecule has 1 heterocycles. The van der Waals surface area contributed by atoms with Gasteiger partial charge in [-0.3, -0.25) is 4.79 Å². The molecule has 2 nitrogen and oxygen atoms in total. The molecule has 0 amide bonds. The Balaban J connectivity index is 2.54. The zero-order valence-electron chi connectivity index (χ0n) is 12.1. The third-order valence-electron chi connectivity index (χ3n) is 3.53. The Labute approximate surface area is 125 Å². The minimum atomic E-state index is 0.0823. The van der Waals surface area contributed by atoms with Gasteiger partial charge in [0.15, 0.2) is 0 Å². The molecule has 0 unspecified atom stereocenters. The molecule has 0 bridgehead atoms. The standard InChI is InChI=1S/C17H21NOS/c1-3-11-18-16(10-9-15(12-20)17(18)19)14-7-5-13(4-2)6-8-14/h5-10,20H,3-4,11-12H2,1-2H3. The Morgan fingerprint density at radius 2 is 1.75 bits per heavy atom. The van der Waals surface area contributed by atoms with Gasteiger partial charge in [-0.2, -0.15) is 12.6 Å². The Morgan fingerprint density at radius 1 is 1.05 bits per heavy atom. The van der Waals surface area contributed by atoms with Crippen molar-refractivity contribution in [1.82, 2.24) is 4.57 Å². The first-order valence-electron chi connectivity index (χ1n) is 7.14. The number of benzene rings is 1. The molecule has 1 aromatic heterocycles. The number of aryl methyl sites for hydroxylation is 1. The highest BCUT2D eigenvalue weighted by atomic mass is 32.1. The molecule has 2 aromatic rings. The van der Waals surface area contributed by atoms with Gasteiger partial charge in [-0.05, 0) is 30.0 Å². The molecule has 106 valence electrons. The van der Waals surface area contributed by atoms with Gasteiger partial charge in [0, 0.05) is 17.9 Å². The number of hydrogen-bond acceptors (Lipinski definition) is 2. The SMILES string of the molecule is CCCn1c(-c2ccc(CC)cc2)ccc(CS)c1=O. The van der Waals surface area contributed by atoms with Crippen molar-refractivity contribution in [2.45, 2.75) is 39.0 Å². The summed E-state index contributed by atoms with van der Waals surface area (Å²) in [6, 6.07) is 12.4. The lowest BCUT2D eigenvalue weighted by Crippen LogP contribution is -2.24. The van der Waals surface area contributed by atoms with E-state index in [1.54, 1.807) is 0 Å². The summed E-state index contributed by atoms with van der Waals surface area (Å²) in [5.74, 6) is 0.484. The first-order chi connectivity index (χ1) is 9.71. The van der Waals surface area contributed by atoms with E-state index in [2.05, 4.69) is 50.7 Å². The van der Waals surface area contributed by atoms with Crippen molar-refractivity contribution in [2.24, 2.45) is 0 Å². The molecular formula is C17H21NOS. The first kappa shape index (κ1) is 14.9. The summed E-state index contributed by atoms with van der Waals surface area (Å²) >= 11 is 4.23. The Hall–Kier alpha value is -1.48. The van der Waals surface area contributed by atoms with Crippen LogP contribution in [0.2, 0.25) is 0 Å². The van der Waals surface area contributed by atoms with Crippen molar-refractivity contribution in [1.29, 1.82) is 0 Å². The molecule has 0 saturated heterocycles. The second kappa shape index (κ2) is 6.80. The minimum absolute atomic E-state index is 0.0823. The van der Waals surface area contributed by atoms with Crippen LogP contribution >= 0.6 is 12.6 Å². The predicted octanol–water partition coefficient (Wildman–Crippen LogP) is 3.92. The highest BCUT2D eigenvalue weighted by molar-refractivity contribution is 7.79. The molecule has 0 radical (unpaired) electrons.